The molecule has 1 saturated heterocycles. The summed E-state index contributed by atoms with van der Waals surface area (Å²) in [6, 6.07) is 7.44. The molecular weight excluding hydrogens is 346 g/mol. The van der Waals surface area contributed by atoms with Crippen molar-refractivity contribution in [2.45, 2.75) is 77.2 Å². The molecule has 1 atom stereocenters. The number of nitrogens with two attached hydrogens (primary N) is 1. The van der Waals surface area contributed by atoms with Gasteiger partial charge in [0.1, 0.15) is 5.52 Å². The Morgan fingerprint density at radius 3 is 2.54 bits per heavy atom. The number of oxazole rings is 1. The van der Waals surface area contributed by atoms with E-state index in [0.717, 1.165) is 43.0 Å². The van der Waals surface area contributed by atoms with Crippen molar-refractivity contribution in [3.05, 3.63) is 23.8 Å². The number of hydrogen-bond acceptors (Lipinski definition) is 4. The first-order chi connectivity index (χ1) is 12.3. The molecule has 2 heterocycles. The van der Waals surface area contributed by atoms with Crippen LogP contribution >= 0.6 is 12.4 Å². The van der Waals surface area contributed by atoms with E-state index in [4.69, 9.17) is 10.2 Å². The maximum absolute atomic E-state index is 5.98. The lowest BCUT2D eigenvalue weighted by Crippen LogP contribution is -2.26. The van der Waals surface area contributed by atoms with Gasteiger partial charge < -0.3 is 15.1 Å². The van der Waals surface area contributed by atoms with Crippen LogP contribution in [0.15, 0.2) is 22.6 Å². The number of unbranched alkanes of at least 4 members (excludes halogenated alkanes) is 7. The Hall–Kier alpha value is -1.26. The monoisotopic (exact) mass is 379 g/mol. The highest BCUT2D eigenvalue weighted by Gasteiger charge is 2.23. The van der Waals surface area contributed by atoms with Gasteiger partial charge in [-0.1, -0.05) is 57.9 Å². The summed E-state index contributed by atoms with van der Waals surface area (Å²) in [6.07, 6.45) is 13.0. The van der Waals surface area contributed by atoms with Crippen LogP contribution in [0.1, 0.15) is 70.3 Å². The van der Waals surface area contributed by atoms with Gasteiger partial charge in [0.15, 0.2) is 5.58 Å². The zero-order valence-electron chi connectivity index (χ0n) is 16.1. The summed E-state index contributed by atoms with van der Waals surface area (Å²) in [7, 11) is 0. The van der Waals surface area contributed by atoms with Gasteiger partial charge in [-0.3, -0.25) is 0 Å². The summed E-state index contributed by atoms with van der Waals surface area (Å²) in [5.41, 5.74) is 9.21. The van der Waals surface area contributed by atoms with Crippen LogP contribution in [0.25, 0.3) is 11.1 Å². The van der Waals surface area contributed by atoms with E-state index >= 15 is 0 Å². The molecule has 0 unspecified atom stereocenters. The van der Waals surface area contributed by atoms with Crippen molar-refractivity contribution in [1.29, 1.82) is 0 Å². The third kappa shape index (κ3) is 5.88. The molecule has 4 nitrogen and oxygen atoms in total. The Morgan fingerprint density at radius 1 is 1.12 bits per heavy atom. The average molecular weight is 380 g/mol. The van der Waals surface area contributed by atoms with Crippen molar-refractivity contribution < 1.29 is 4.42 Å². The Bertz CT molecular complexity index is 658. The van der Waals surface area contributed by atoms with Crippen LogP contribution in [-0.4, -0.2) is 24.1 Å². The molecule has 0 saturated carbocycles. The van der Waals surface area contributed by atoms with Crippen molar-refractivity contribution in [1.82, 2.24) is 4.98 Å². The van der Waals surface area contributed by atoms with Gasteiger partial charge in [0.25, 0.3) is 6.01 Å². The fraction of sp³-hybridized carbons (Fsp3) is 0.667. The van der Waals surface area contributed by atoms with Gasteiger partial charge in [-0.25, -0.2) is 0 Å². The van der Waals surface area contributed by atoms with E-state index in [-0.39, 0.29) is 18.4 Å². The molecule has 146 valence electrons. The van der Waals surface area contributed by atoms with E-state index in [1.165, 1.54) is 56.9 Å². The second kappa shape index (κ2) is 10.8. The Labute approximate surface area is 163 Å². The highest BCUT2D eigenvalue weighted by molar-refractivity contribution is 5.85. The van der Waals surface area contributed by atoms with E-state index < -0.39 is 0 Å². The Kier molecular flexibility index (Phi) is 8.73. The van der Waals surface area contributed by atoms with Crippen LogP contribution in [0, 0.1) is 0 Å². The van der Waals surface area contributed by atoms with Gasteiger partial charge in [0.05, 0.1) is 0 Å². The van der Waals surface area contributed by atoms with Crippen LogP contribution in [0.3, 0.4) is 0 Å². The van der Waals surface area contributed by atoms with Gasteiger partial charge in [0.2, 0.25) is 0 Å². The summed E-state index contributed by atoms with van der Waals surface area (Å²) in [6.45, 7) is 4.06. The van der Waals surface area contributed by atoms with Crippen molar-refractivity contribution in [3.8, 4) is 0 Å². The largest absolute Gasteiger partial charge is 0.423 e. The number of halogens is 1. The van der Waals surface area contributed by atoms with Gasteiger partial charge in [-0.05, 0) is 37.0 Å². The zero-order valence-corrected chi connectivity index (χ0v) is 16.9. The lowest BCUT2D eigenvalue weighted by molar-refractivity contribution is 0.574. The van der Waals surface area contributed by atoms with Crippen LogP contribution in [0.4, 0.5) is 6.01 Å². The number of nitrogens with zero attached hydrogens (tertiary/aromatic N) is 2. The molecule has 1 aliphatic rings. The van der Waals surface area contributed by atoms with Crippen LogP contribution < -0.4 is 10.6 Å². The molecule has 0 radical (unpaired) electrons. The van der Waals surface area contributed by atoms with Gasteiger partial charge in [-0.2, -0.15) is 4.98 Å². The molecule has 26 heavy (non-hydrogen) atoms. The third-order valence-electron chi connectivity index (χ3n) is 5.26. The predicted octanol–water partition coefficient (Wildman–Crippen LogP) is 5.47. The van der Waals surface area contributed by atoms with E-state index in [1.807, 2.05) is 0 Å². The molecular formula is C21H34ClN3O. The molecule has 5 heteroatoms. The highest BCUT2D eigenvalue weighted by atomic mass is 35.5. The number of fused-ring (bicyclic) bond motifs is 1. The lowest BCUT2D eigenvalue weighted by atomic mass is 10.0. The van der Waals surface area contributed by atoms with Crippen molar-refractivity contribution in [2.75, 3.05) is 18.0 Å². The minimum absolute atomic E-state index is 0. The molecule has 1 fully saturated rings. The first-order valence-electron chi connectivity index (χ1n) is 10.2. The van der Waals surface area contributed by atoms with Gasteiger partial charge >= 0.3 is 0 Å². The highest BCUT2D eigenvalue weighted by Crippen LogP contribution is 2.26. The minimum Gasteiger partial charge on any atom is -0.423 e. The molecule has 2 aromatic rings. The van der Waals surface area contributed by atoms with Gasteiger partial charge in [0, 0.05) is 19.1 Å². The molecule has 0 spiro atoms. The number of rotatable bonds is 10. The topological polar surface area (TPSA) is 55.3 Å². The molecule has 0 amide bonds. The number of hydrogen-bond donors (Lipinski definition) is 1. The first-order valence-corrected chi connectivity index (χ1v) is 10.2. The number of aryl methyl sites for hydroxylation is 1. The van der Waals surface area contributed by atoms with Crippen LogP contribution in [0.5, 0.6) is 0 Å². The number of benzene rings is 1. The van der Waals surface area contributed by atoms with E-state index in [9.17, 15) is 0 Å². The smallest absolute Gasteiger partial charge is 0.298 e. The summed E-state index contributed by atoms with van der Waals surface area (Å²) in [5, 5.41) is 0. The molecule has 3 rings (SSSR count). The summed E-state index contributed by atoms with van der Waals surface area (Å²) >= 11 is 0. The van der Waals surface area contributed by atoms with Crippen molar-refractivity contribution in [2.24, 2.45) is 5.73 Å². The lowest BCUT2D eigenvalue weighted by Gasteiger charge is -2.11. The Balaban J connectivity index is 0.00000243. The van der Waals surface area contributed by atoms with E-state index in [0.29, 0.717) is 0 Å². The van der Waals surface area contributed by atoms with Crippen LogP contribution in [0.2, 0.25) is 0 Å². The molecule has 1 aromatic carbocycles. The van der Waals surface area contributed by atoms with Crippen molar-refractivity contribution >= 4 is 29.5 Å². The molecule has 2 N–H and O–H groups in total. The van der Waals surface area contributed by atoms with E-state index in [1.54, 1.807) is 0 Å². The standard InChI is InChI=1S/C21H33N3O.ClH/c1-2-3-4-5-6-7-8-9-10-17-11-12-19-20(15-17)25-21(23-19)24-14-13-18(22)16-24;/h11-12,15,18H,2-10,13-14,16,22H2,1H3;1H/t18-;/m0./s1. The normalized spacial score (nSPS) is 17.0. The fourth-order valence-electron chi connectivity index (χ4n) is 3.67. The summed E-state index contributed by atoms with van der Waals surface area (Å²) in [5.74, 6) is 0. The maximum Gasteiger partial charge on any atom is 0.298 e. The quantitative estimate of drug-likeness (QED) is 0.556. The van der Waals surface area contributed by atoms with Crippen LogP contribution in [-0.2, 0) is 6.42 Å². The second-order valence-corrected chi connectivity index (χ2v) is 7.52. The molecule has 1 aromatic heterocycles. The third-order valence-corrected chi connectivity index (χ3v) is 5.26. The minimum atomic E-state index is 0. The first kappa shape index (κ1) is 21.0. The molecule has 1 aliphatic heterocycles. The van der Waals surface area contributed by atoms with E-state index in [2.05, 4.69) is 35.0 Å². The average Bonchev–Trinajstić information content (AvgIpc) is 3.22. The summed E-state index contributed by atoms with van der Waals surface area (Å²) < 4.78 is 5.98. The second-order valence-electron chi connectivity index (χ2n) is 7.52. The summed E-state index contributed by atoms with van der Waals surface area (Å²) in [4.78, 5) is 6.77. The fourth-order valence-corrected chi connectivity index (χ4v) is 3.67. The number of anilines is 1. The zero-order chi connectivity index (χ0) is 17.5. The maximum atomic E-state index is 5.98. The predicted molar refractivity (Wildman–Crippen MR) is 112 cm³/mol. The molecule has 0 aliphatic carbocycles. The molecule has 0 bridgehead atoms. The Morgan fingerprint density at radius 2 is 1.85 bits per heavy atom. The number of aromatic nitrogens is 1. The van der Waals surface area contributed by atoms with Crippen molar-refractivity contribution in [3.63, 3.8) is 0 Å². The van der Waals surface area contributed by atoms with Gasteiger partial charge in [-0.15, -0.1) is 12.4 Å². The SMILES string of the molecule is CCCCCCCCCCc1ccc2nc(N3CC[C@H](N)C3)oc2c1.Cl.